The fourth-order valence-electron chi connectivity index (χ4n) is 2.76. The average Bonchev–Trinajstić information content (AvgIpc) is 3.07. The molecule has 0 bridgehead atoms. The molecule has 0 spiro atoms. The molecule has 0 aliphatic carbocycles. The smallest absolute Gasteiger partial charge is 0.286 e. The molecule has 0 unspecified atom stereocenters. The number of carbonyl (C=O) groups excluding carboxylic acids is 1. The molecule has 0 radical (unpaired) electrons. The number of methoxy groups -OCH3 is 3. The highest BCUT2D eigenvalue weighted by Crippen LogP contribution is 2.33. The van der Waals surface area contributed by atoms with Gasteiger partial charge in [0.05, 0.1) is 31.5 Å². The second-order valence-corrected chi connectivity index (χ2v) is 6.94. The maximum Gasteiger partial charge on any atom is 0.286 e. The second-order valence-electron chi connectivity index (χ2n) is 5.93. The number of hydrogen-bond donors (Lipinski definition) is 0. The number of aromatic nitrogens is 1. The Morgan fingerprint density at radius 3 is 2.52 bits per heavy atom. The first kappa shape index (κ1) is 20.5. The lowest BCUT2D eigenvalue weighted by molar-refractivity contribution is -0.120. The molecule has 152 valence electrons. The Kier molecular flexibility index (Phi) is 6.56. The number of hydrogen-bond acceptors (Lipinski definition) is 6. The molecule has 7 nitrogen and oxygen atoms in total. The van der Waals surface area contributed by atoms with Gasteiger partial charge in [-0.1, -0.05) is 23.5 Å². The molecule has 0 aliphatic rings. The number of allylic oxidation sites excluding steroid dienone is 1. The molecule has 0 atom stereocenters. The summed E-state index contributed by atoms with van der Waals surface area (Å²) in [4.78, 5) is 17.2. The molecule has 0 N–H and O–H groups in total. The molecule has 2 aromatic carbocycles. The topological polar surface area (TPSA) is 71.3 Å². The van der Waals surface area contributed by atoms with Crippen LogP contribution in [-0.4, -0.2) is 38.4 Å². The summed E-state index contributed by atoms with van der Waals surface area (Å²) in [6.45, 7) is 4.12. The van der Waals surface area contributed by atoms with Crippen molar-refractivity contribution in [2.45, 2.75) is 6.54 Å². The van der Waals surface area contributed by atoms with Crippen LogP contribution in [-0.2, 0) is 11.3 Å². The second kappa shape index (κ2) is 9.29. The van der Waals surface area contributed by atoms with Crippen molar-refractivity contribution < 1.29 is 23.7 Å². The van der Waals surface area contributed by atoms with Gasteiger partial charge in [-0.3, -0.25) is 4.79 Å². The van der Waals surface area contributed by atoms with E-state index in [2.05, 4.69) is 11.6 Å². The number of benzene rings is 2. The number of fused-ring (bicyclic) bond motifs is 1. The molecule has 0 saturated heterocycles. The first-order valence-corrected chi connectivity index (χ1v) is 9.62. The van der Waals surface area contributed by atoms with Crippen LogP contribution in [0.3, 0.4) is 0 Å². The zero-order valence-corrected chi connectivity index (χ0v) is 17.3. The quantitative estimate of drug-likeness (QED) is 0.528. The van der Waals surface area contributed by atoms with Gasteiger partial charge in [-0.25, -0.2) is 0 Å². The van der Waals surface area contributed by atoms with Crippen LogP contribution < -0.4 is 23.7 Å². The van der Waals surface area contributed by atoms with Gasteiger partial charge in [0.15, 0.2) is 22.9 Å². The lowest BCUT2D eigenvalue weighted by atomic mass is 10.3. The molecule has 1 heterocycles. The van der Waals surface area contributed by atoms with Crippen LogP contribution in [0.25, 0.3) is 10.2 Å². The van der Waals surface area contributed by atoms with Crippen molar-refractivity contribution >= 4 is 27.5 Å². The number of thiazole rings is 1. The van der Waals surface area contributed by atoms with Gasteiger partial charge in [0.1, 0.15) is 11.5 Å². The van der Waals surface area contributed by atoms with Crippen molar-refractivity contribution in [1.29, 1.82) is 0 Å². The van der Waals surface area contributed by atoms with Crippen LogP contribution in [0.2, 0.25) is 0 Å². The van der Waals surface area contributed by atoms with Crippen molar-refractivity contribution in [3.63, 3.8) is 0 Å². The number of amides is 1. The number of carbonyl (C=O) groups is 1. The SMILES string of the molecule is C=CCn1c(=NC(=O)COc2cccc(OC)c2)sc2cc(OC)c(OC)cc21. The minimum Gasteiger partial charge on any atom is -0.497 e. The van der Waals surface area contributed by atoms with E-state index < -0.39 is 5.91 Å². The van der Waals surface area contributed by atoms with E-state index in [0.717, 1.165) is 10.2 Å². The summed E-state index contributed by atoms with van der Waals surface area (Å²) in [6.07, 6.45) is 1.75. The minimum absolute atomic E-state index is 0.178. The standard InChI is InChI=1S/C21H22N2O5S/c1-5-9-23-16-11-17(26-3)18(27-4)12-19(16)29-21(23)22-20(24)13-28-15-8-6-7-14(10-15)25-2/h5-8,10-12H,1,9,13H2,2-4H3. The monoisotopic (exact) mass is 414 g/mol. The van der Waals surface area contributed by atoms with E-state index in [1.807, 2.05) is 16.7 Å². The number of rotatable bonds is 8. The highest BCUT2D eigenvalue weighted by molar-refractivity contribution is 7.16. The molecule has 0 aliphatic heterocycles. The van der Waals surface area contributed by atoms with Gasteiger partial charge in [0, 0.05) is 24.7 Å². The van der Waals surface area contributed by atoms with Crippen LogP contribution in [0.1, 0.15) is 0 Å². The maximum atomic E-state index is 12.4. The van der Waals surface area contributed by atoms with Crippen LogP contribution >= 0.6 is 11.3 Å². The Hall–Kier alpha value is -3.26. The summed E-state index contributed by atoms with van der Waals surface area (Å²) in [5, 5.41) is 0. The van der Waals surface area contributed by atoms with E-state index in [4.69, 9.17) is 18.9 Å². The molecule has 8 heteroatoms. The zero-order chi connectivity index (χ0) is 20.8. The summed E-state index contributed by atoms with van der Waals surface area (Å²) in [6, 6.07) is 10.8. The third-order valence-electron chi connectivity index (χ3n) is 4.12. The molecule has 0 saturated carbocycles. The third-order valence-corrected chi connectivity index (χ3v) is 5.16. The van der Waals surface area contributed by atoms with Crippen LogP contribution in [0, 0.1) is 0 Å². The Morgan fingerprint density at radius 2 is 1.83 bits per heavy atom. The minimum atomic E-state index is -0.392. The lowest BCUT2D eigenvalue weighted by Gasteiger charge is -2.08. The number of ether oxygens (including phenoxy) is 4. The fourth-order valence-corrected chi connectivity index (χ4v) is 3.83. The molecular weight excluding hydrogens is 392 g/mol. The summed E-state index contributed by atoms with van der Waals surface area (Å²) >= 11 is 1.39. The van der Waals surface area contributed by atoms with E-state index in [9.17, 15) is 4.79 Å². The van der Waals surface area contributed by atoms with E-state index in [-0.39, 0.29) is 6.61 Å². The Morgan fingerprint density at radius 1 is 1.10 bits per heavy atom. The summed E-state index contributed by atoms with van der Waals surface area (Å²) in [5.41, 5.74) is 0.882. The van der Waals surface area contributed by atoms with Gasteiger partial charge in [-0.15, -0.1) is 6.58 Å². The molecule has 0 fully saturated rings. The Bertz CT molecular complexity index is 1100. The van der Waals surface area contributed by atoms with Crippen molar-refractivity contribution in [3.05, 3.63) is 53.9 Å². The highest BCUT2D eigenvalue weighted by Gasteiger charge is 2.13. The predicted molar refractivity (Wildman–Crippen MR) is 112 cm³/mol. The molecule has 3 rings (SSSR count). The van der Waals surface area contributed by atoms with Gasteiger partial charge < -0.3 is 23.5 Å². The molecule has 1 aromatic heterocycles. The van der Waals surface area contributed by atoms with Crippen LogP contribution in [0.15, 0.2) is 54.0 Å². The van der Waals surface area contributed by atoms with Gasteiger partial charge >= 0.3 is 0 Å². The van der Waals surface area contributed by atoms with Crippen molar-refractivity contribution in [1.82, 2.24) is 4.57 Å². The Labute approximate surface area is 172 Å². The van der Waals surface area contributed by atoms with Crippen molar-refractivity contribution in [2.75, 3.05) is 27.9 Å². The van der Waals surface area contributed by atoms with E-state index in [0.29, 0.717) is 34.3 Å². The zero-order valence-electron chi connectivity index (χ0n) is 16.5. The van der Waals surface area contributed by atoms with E-state index in [1.165, 1.54) is 11.3 Å². The van der Waals surface area contributed by atoms with Gasteiger partial charge in [0.25, 0.3) is 5.91 Å². The van der Waals surface area contributed by atoms with E-state index in [1.54, 1.807) is 51.7 Å². The largest absolute Gasteiger partial charge is 0.497 e. The molecule has 1 amide bonds. The third kappa shape index (κ3) is 4.60. The van der Waals surface area contributed by atoms with Gasteiger partial charge in [0.2, 0.25) is 0 Å². The summed E-state index contributed by atoms with van der Waals surface area (Å²) in [5.74, 6) is 2.03. The Balaban J connectivity index is 1.92. The van der Waals surface area contributed by atoms with Crippen LogP contribution in [0.5, 0.6) is 23.0 Å². The van der Waals surface area contributed by atoms with Gasteiger partial charge in [-0.2, -0.15) is 4.99 Å². The molecular formula is C21H22N2O5S. The normalized spacial score (nSPS) is 11.3. The number of nitrogens with zero attached hydrogens (tertiary/aromatic N) is 2. The molecule has 29 heavy (non-hydrogen) atoms. The summed E-state index contributed by atoms with van der Waals surface area (Å²) < 4.78 is 24.3. The first-order chi connectivity index (χ1) is 14.1. The van der Waals surface area contributed by atoms with Crippen LogP contribution in [0.4, 0.5) is 0 Å². The van der Waals surface area contributed by atoms with Gasteiger partial charge in [-0.05, 0) is 12.1 Å². The van der Waals surface area contributed by atoms with E-state index >= 15 is 0 Å². The lowest BCUT2D eigenvalue weighted by Crippen LogP contribution is -2.19. The predicted octanol–water partition coefficient (Wildman–Crippen LogP) is 3.42. The average molecular weight is 414 g/mol. The fraction of sp³-hybridized carbons (Fsp3) is 0.238. The maximum absolute atomic E-state index is 12.4. The molecule has 3 aromatic rings. The first-order valence-electron chi connectivity index (χ1n) is 8.80. The summed E-state index contributed by atoms with van der Waals surface area (Å²) in [7, 11) is 4.74. The van der Waals surface area contributed by atoms with Crippen molar-refractivity contribution in [3.8, 4) is 23.0 Å². The van der Waals surface area contributed by atoms with Crippen molar-refractivity contribution in [2.24, 2.45) is 4.99 Å². The highest BCUT2D eigenvalue weighted by atomic mass is 32.1.